The Morgan fingerprint density at radius 2 is 1.88 bits per heavy atom. The van der Waals surface area contributed by atoms with Crippen LogP contribution in [0.15, 0.2) is 23.0 Å². The van der Waals surface area contributed by atoms with Crippen molar-refractivity contribution < 1.29 is 0 Å². The van der Waals surface area contributed by atoms with Gasteiger partial charge in [0.2, 0.25) is 0 Å². The molecular weight excluding hydrogens is 212 g/mol. The molecule has 1 N–H and O–H groups in total. The SMILES string of the molecule is CCC.CCc1nc2ccc(C)cc2c(=O)[nH]1. The minimum atomic E-state index is -0.0458. The van der Waals surface area contributed by atoms with Crippen LogP contribution < -0.4 is 5.56 Å². The molecule has 0 radical (unpaired) electrons. The number of hydrogen-bond donors (Lipinski definition) is 1. The summed E-state index contributed by atoms with van der Waals surface area (Å²) in [6.07, 6.45) is 2.00. The first-order valence-electron chi connectivity index (χ1n) is 6.11. The lowest BCUT2D eigenvalue weighted by Crippen LogP contribution is -2.11. The summed E-state index contributed by atoms with van der Waals surface area (Å²) in [4.78, 5) is 18.7. The summed E-state index contributed by atoms with van der Waals surface area (Å²) >= 11 is 0. The van der Waals surface area contributed by atoms with Crippen LogP contribution in [0.25, 0.3) is 10.9 Å². The Balaban J connectivity index is 0.000000437. The highest BCUT2D eigenvalue weighted by Crippen LogP contribution is 2.09. The van der Waals surface area contributed by atoms with Crippen LogP contribution in [-0.2, 0) is 6.42 Å². The Morgan fingerprint density at radius 3 is 2.47 bits per heavy atom. The van der Waals surface area contributed by atoms with Gasteiger partial charge < -0.3 is 4.98 Å². The molecule has 1 aromatic carbocycles. The lowest BCUT2D eigenvalue weighted by molar-refractivity contribution is 0.944. The number of benzene rings is 1. The topological polar surface area (TPSA) is 45.8 Å². The summed E-state index contributed by atoms with van der Waals surface area (Å²) in [6.45, 7) is 8.19. The first-order valence-corrected chi connectivity index (χ1v) is 6.11. The van der Waals surface area contributed by atoms with Crippen LogP contribution in [0, 0.1) is 6.92 Å². The van der Waals surface area contributed by atoms with Crippen LogP contribution >= 0.6 is 0 Å². The summed E-state index contributed by atoms with van der Waals surface area (Å²) in [5.41, 5.74) is 1.81. The van der Waals surface area contributed by atoms with E-state index in [4.69, 9.17) is 0 Å². The molecule has 3 nitrogen and oxygen atoms in total. The number of fused-ring (bicyclic) bond motifs is 1. The first kappa shape index (κ1) is 13.4. The number of nitrogens with zero attached hydrogens (tertiary/aromatic N) is 1. The van der Waals surface area contributed by atoms with E-state index >= 15 is 0 Å². The molecule has 0 unspecified atom stereocenters. The molecule has 0 aliphatic carbocycles. The van der Waals surface area contributed by atoms with Crippen molar-refractivity contribution in [2.75, 3.05) is 0 Å². The Labute approximate surface area is 102 Å². The standard InChI is InChI=1S/C11H12N2O.C3H8/c1-3-10-12-9-5-4-7(2)6-8(9)11(14)13-10;1-3-2/h4-6H,3H2,1-2H3,(H,12,13,14);3H2,1-2H3. The van der Waals surface area contributed by atoms with Gasteiger partial charge in [0.15, 0.2) is 0 Å². The predicted molar refractivity (Wildman–Crippen MR) is 72.4 cm³/mol. The van der Waals surface area contributed by atoms with Crippen LogP contribution in [0.4, 0.5) is 0 Å². The van der Waals surface area contributed by atoms with Gasteiger partial charge >= 0.3 is 0 Å². The zero-order chi connectivity index (χ0) is 12.8. The van der Waals surface area contributed by atoms with Crippen LogP contribution in [0.2, 0.25) is 0 Å². The van der Waals surface area contributed by atoms with Crippen molar-refractivity contribution in [3.63, 3.8) is 0 Å². The minimum absolute atomic E-state index is 0.0458. The third-order valence-electron chi connectivity index (χ3n) is 2.24. The molecule has 2 rings (SSSR count). The molecule has 2 aromatic rings. The molecule has 1 heterocycles. The van der Waals surface area contributed by atoms with Crippen LogP contribution in [-0.4, -0.2) is 9.97 Å². The molecule has 0 saturated carbocycles. The number of hydrogen-bond acceptors (Lipinski definition) is 2. The summed E-state index contributed by atoms with van der Waals surface area (Å²) in [5, 5.41) is 0.669. The summed E-state index contributed by atoms with van der Waals surface area (Å²) < 4.78 is 0. The average Bonchev–Trinajstić information content (AvgIpc) is 2.31. The Kier molecular flexibility index (Phi) is 4.88. The zero-order valence-corrected chi connectivity index (χ0v) is 11.0. The van der Waals surface area contributed by atoms with Crippen LogP contribution in [0.3, 0.4) is 0 Å². The minimum Gasteiger partial charge on any atom is -0.310 e. The second-order valence-electron chi connectivity index (χ2n) is 4.09. The molecule has 0 bridgehead atoms. The number of aromatic amines is 1. The number of nitrogens with one attached hydrogen (secondary N) is 1. The molecular formula is C14H20N2O. The second-order valence-corrected chi connectivity index (χ2v) is 4.09. The lowest BCUT2D eigenvalue weighted by atomic mass is 10.2. The highest BCUT2D eigenvalue weighted by atomic mass is 16.1. The molecule has 0 saturated heterocycles. The Morgan fingerprint density at radius 1 is 1.24 bits per heavy atom. The number of rotatable bonds is 1. The van der Waals surface area contributed by atoms with E-state index < -0.39 is 0 Å². The van der Waals surface area contributed by atoms with Crippen molar-refractivity contribution in [2.24, 2.45) is 0 Å². The molecule has 1 aromatic heterocycles. The highest BCUT2D eigenvalue weighted by Gasteiger charge is 2.01. The van der Waals surface area contributed by atoms with Crippen LogP contribution in [0.1, 0.15) is 38.6 Å². The number of H-pyrrole nitrogens is 1. The van der Waals surface area contributed by atoms with Crippen molar-refractivity contribution in [3.05, 3.63) is 39.9 Å². The van der Waals surface area contributed by atoms with Crippen molar-refractivity contribution in [1.29, 1.82) is 0 Å². The van der Waals surface area contributed by atoms with Gasteiger partial charge in [-0.2, -0.15) is 0 Å². The van der Waals surface area contributed by atoms with E-state index in [1.165, 1.54) is 6.42 Å². The fourth-order valence-electron chi connectivity index (χ4n) is 1.47. The fourth-order valence-corrected chi connectivity index (χ4v) is 1.47. The molecule has 0 fully saturated rings. The molecule has 17 heavy (non-hydrogen) atoms. The Bertz CT molecular complexity index is 543. The fraction of sp³-hybridized carbons (Fsp3) is 0.429. The average molecular weight is 232 g/mol. The van der Waals surface area contributed by atoms with E-state index in [1.54, 1.807) is 0 Å². The zero-order valence-electron chi connectivity index (χ0n) is 11.0. The molecule has 0 amide bonds. The van der Waals surface area contributed by atoms with Crippen molar-refractivity contribution in [3.8, 4) is 0 Å². The predicted octanol–water partition coefficient (Wildman–Crippen LogP) is 3.21. The van der Waals surface area contributed by atoms with E-state index in [2.05, 4.69) is 23.8 Å². The van der Waals surface area contributed by atoms with Gasteiger partial charge in [0.25, 0.3) is 5.56 Å². The first-order chi connectivity index (χ1) is 8.12. The van der Waals surface area contributed by atoms with E-state index in [1.807, 2.05) is 32.0 Å². The van der Waals surface area contributed by atoms with Crippen molar-refractivity contribution in [2.45, 2.75) is 40.5 Å². The Hall–Kier alpha value is -1.64. The lowest BCUT2D eigenvalue weighted by Gasteiger charge is -2.00. The van der Waals surface area contributed by atoms with E-state index in [-0.39, 0.29) is 5.56 Å². The van der Waals surface area contributed by atoms with Gasteiger partial charge in [0.05, 0.1) is 10.9 Å². The molecule has 0 aliphatic rings. The van der Waals surface area contributed by atoms with Crippen molar-refractivity contribution >= 4 is 10.9 Å². The molecule has 3 heteroatoms. The third kappa shape index (κ3) is 3.41. The summed E-state index contributed by atoms with van der Waals surface area (Å²) in [5.74, 6) is 0.742. The van der Waals surface area contributed by atoms with Gasteiger partial charge in [0, 0.05) is 6.42 Å². The van der Waals surface area contributed by atoms with E-state index in [9.17, 15) is 4.79 Å². The van der Waals surface area contributed by atoms with Gasteiger partial charge in [-0.1, -0.05) is 38.8 Å². The smallest absolute Gasteiger partial charge is 0.258 e. The molecule has 0 aliphatic heterocycles. The maximum atomic E-state index is 11.6. The van der Waals surface area contributed by atoms with Gasteiger partial charge in [-0.05, 0) is 19.1 Å². The largest absolute Gasteiger partial charge is 0.310 e. The van der Waals surface area contributed by atoms with E-state index in [0.29, 0.717) is 5.39 Å². The maximum absolute atomic E-state index is 11.6. The van der Waals surface area contributed by atoms with Crippen LogP contribution in [0.5, 0.6) is 0 Å². The van der Waals surface area contributed by atoms with E-state index in [0.717, 1.165) is 23.3 Å². The number of aryl methyl sites for hydroxylation is 2. The molecule has 0 atom stereocenters. The number of aromatic nitrogens is 2. The summed E-state index contributed by atoms with van der Waals surface area (Å²) in [7, 11) is 0. The third-order valence-corrected chi connectivity index (χ3v) is 2.24. The molecule has 92 valence electrons. The maximum Gasteiger partial charge on any atom is 0.258 e. The monoisotopic (exact) mass is 232 g/mol. The molecule has 0 spiro atoms. The van der Waals surface area contributed by atoms with Gasteiger partial charge in [-0.3, -0.25) is 4.79 Å². The summed E-state index contributed by atoms with van der Waals surface area (Å²) in [6, 6.07) is 5.72. The highest BCUT2D eigenvalue weighted by molar-refractivity contribution is 5.78. The van der Waals surface area contributed by atoms with Gasteiger partial charge in [-0.15, -0.1) is 0 Å². The van der Waals surface area contributed by atoms with Gasteiger partial charge in [-0.25, -0.2) is 4.98 Å². The normalized spacial score (nSPS) is 9.88. The second kappa shape index (κ2) is 6.18. The quantitative estimate of drug-likeness (QED) is 0.820. The van der Waals surface area contributed by atoms with Crippen molar-refractivity contribution in [1.82, 2.24) is 9.97 Å². The van der Waals surface area contributed by atoms with Gasteiger partial charge in [0.1, 0.15) is 5.82 Å².